The molecule has 0 N–H and O–H groups in total. The molecule has 1 saturated carbocycles. The van der Waals surface area contributed by atoms with Gasteiger partial charge in [-0.2, -0.15) is 0 Å². The van der Waals surface area contributed by atoms with Gasteiger partial charge in [0.15, 0.2) is 5.65 Å². The number of hydrogen-bond donors (Lipinski definition) is 0. The average Bonchev–Trinajstić information content (AvgIpc) is 2.77. The molecule has 0 aromatic carbocycles. The summed E-state index contributed by atoms with van der Waals surface area (Å²) in [6.07, 6.45) is 5.02. The predicted octanol–water partition coefficient (Wildman–Crippen LogP) is 5.18. The van der Waals surface area contributed by atoms with Crippen LogP contribution in [0.1, 0.15) is 69.4 Å². The Labute approximate surface area is 131 Å². The van der Waals surface area contributed by atoms with Crippen molar-refractivity contribution in [3.05, 3.63) is 23.7 Å². The second-order valence-electron chi connectivity index (χ2n) is 7.00. The highest BCUT2D eigenvalue weighted by atomic mass is 35.5. The second-order valence-corrected chi connectivity index (χ2v) is 7.66. The molecular weight excluding hydrogens is 282 g/mol. The van der Waals surface area contributed by atoms with Crippen molar-refractivity contribution in [3.8, 4) is 0 Å². The van der Waals surface area contributed by atoms with E-state index < -0.39 is 0 Å². The van der Waals surface area contributed by atoms with E-state index in [1.165, 1.54) is 25.7 Å². The zero-order valence-electron chi connectivity index (χ0n) is 13.4. The minimum atomic E-state index is -0.0998. The Morgan fingerprint density at radius 3 is 2.71 bits per heavy atom. The van der Waals surface area contributed by atoms with Gasteiger partial charge in [0, 0.05) is 11.7 Å². The van der Waals surface area contributed by atoms with Crippen LogP contribution >= 0.6 is 11.6 Å². The highest BCUT2D eigenvalue weighted by Gasteiger charge is 2.36. The lowest BCUT2D eigenvalue weighted by molar-refractivity contribution is 0.144. The van der Waals surface area contributed by atoms with E-state index in [1.807, 2.05) is 19.9 Å². The maximum absolute atomic E-state index is 6.42. The third-order valence-corrected chi connectivity index (χ3v) is 5.02. The van der Waals surface area contributed by atoms with Crippen molar-refractivity contribution < 1.29 is 0 Å². The molecular formula is C17H24ClN3. The number of pyridine rings is 1. The van der Waals surface area contributed by atoms with Crippen LogP contribution in [0.15, 0.2) is 12.1 Å². The second kappa shape index (κ2) is 5.28. The van der Waals surface area contributed by atoms with Crippen molar-refractivity contribution in [1.29, 1.82) is 0 Å². The molecule has 2 heterocycles. The number of alkyl halides is 1. The van der Waals surface area contributed by atoms with E-state index in [9.17, 15) is 0 Å². The summed E-state index contributed by atoms with van der Waals surface area (Å²) in [5.41, 5.74) is 3.26. The molecule has 1 fully saturated rings. The van der Waals surface area contributed by atoms with Crippen molar-refractivity contribution in [2.75, 3.05) is 0 Å². The SMILES string of the molecule is Cc1ccc2nc(C(C)Cl)n(C3CCCCC3(C)C)c2n1. The topological polar surface area (TPSA) is 30.7 Å². The fourth-order valence-corrected chi connectivity index (χ4v) is 3.78. The van der Waals surface area contributed by atoms with Crippen LogP contribution in [-0.4, -0.2) is 14.5 Å². The predicted molar refractivity (Wildman–Crippen MR) is 87.8 cm³/mol. The van der Waals surface area contributed by atoms with Crippen molar-refractivity contribution >= 4 is 22.8 Å². The first-order chi connectivity index (χ1) is 9.90. The molecule has 1 aliphatic carbocycles. The van der Waals surface area contributed by atoms with Crippen molar-refractivity contribution in [2.24, 2.45) is 5.41 Å². The van der Waals surface area contributed by atoms with Crippen LogP contribution < -0.4 is 0 Å². The molecule has 2 unspecified atom stereocenters. The smallest absolute Gasteiger partial charge is 0.160 e. The van der Waals surface area contributed by atoms with E-state index in [1.54, 1.807) is 0 Å². The summed E-state index contributed by atoms with van der Waals surface area (Å²) in [6, 6.07) is 4.52. The van der Waals surface area contributed by atoms with E-state index in [0.29, 0.717) is 6.04 Å². The summed E-state index contributed by atoms with van der Waals surface area (Å²) in [4.78, 5) is 9.52. The quantitative estimate of drug-likeness (QED) is 0.716. The standard InChI is InChI=1S/C17H24ClN3/c1-11-8-9-13-16(19-11)21(15(20-13)12(2)18)14-7-5-6-10-17(14,3)4/h8-9,12,14H,5-7,10H2,1-4H3. The first-order valence-corrected chi connectivity index (χ1v) is 8.33. The van der Waals surface area contributed by atoms with Gasteiger partial charge in [0.25, 0.3) is 0 Å². The minimum Gasteiger partial charge on any atom is -0.308 e. The molecule has 2 aromatic heterocycles. The molecule has 0 bridgehead atoms. The first kappa shape index (κ1) is 14.8. The first-order valence-electron chi connectivity index (χ1n) is 7.90. The van der Waals surface area contributed by atoms with Crippen LogP contribution in [0, 0.1) is 12.3 Å². The number of imidazole rings is 1. The van der Waals surface area contributed by atoms with Gasteiger partial charge in [-0.05, 0) is 44.2 Å². The largest absolute Gasteiger partial charge is 0.308 e. The van der Waals surface area contributed by atoms with E-state index in [-0.39, 0.29) is 10.8 Å². The van der Waals surface area contributed by atoms with Crippen LogP contribution in [0.5, 0.6) is 0 Å². The van der Waals surface area contributed by atoms with Gasteiger partial charge in [-0.15, -0.1) is 11.6 Å². The van der Waals surface area contributed by atoms with Gasteiger partial charge in [-0.3, -0.25) is 0 Å². The molecule has 0 aliphatic heterocycles. The molecule has 0 amide bonds. The molecule has 0 spiro atoms. The summed E-state index contributed by atoms with van der Waals surface area (Å²) in [7, 11) is 0. The Morgan fingerprint density at radius 1 is 1.29 bits per heavy atom. The molecule has 0 saturated heterocycles. The highest BCUT2D eigenvalue weighted by Crippen LogP contribution is 2.46. The molecule has 21 heavy (non-hydrogen) atoms. The molecule has 3 rings (SSSR count). The Morgan fingerprint density at radius 2 is 2.05 bits per heavy atom. The maximum atomic E-state index is 6.42. The van der Waals surface area contributed by atoms with Gasteiger partial charge in [0.2, 0.25) is 0 Å². The third-order valence-electron chi connectivity index (χ3n) is 4.82. The van der Waals surface area contributed by atoms with E-state index in [4.69, 9.17) is 21.6 Å². The normalized spacial score (nSPS) is 23.4. The number of fused-ring (bicyclic) bond motifs is 1. The van der Waals surface area contributed by atoms with E-state index >= 15 is 0 Å². The Bertz CT molecular complexity index is 657. The number of aryl methyl sites for hydroxylation is 1. The van der Waals surface area contributed by atoms with Gasteiger partial charge >= 0.3 is 0 Å². The van der Waals surface area contributed by atoms with Gasteiger partial charge in [-0.1, -0.05) is 26.7 Å². The lowest BCUT2D eigenvalue weighted by Crippen LogP contribution is -2.31. The fourth-order valence-electron chi connectivity index (χ4n) is 3.63. The number of hydrogen-bond acceptors (Lipinski definition) is 2. The van der Waals surface area contributed by atoms with E-state index in [2.05, 4.69) is 24.5 Å². The van der Waals surface area contributed by atoms with Crippen LogP contribution in [0.4, 0.5) is 0 Å². The van der Waals surface area contributed by atoms with Crippen LogP contribution in [0.25, 0.3) is 11.2 Å². The molecule has 114 valence electrons. The maximum Gasteiger partial charge on any atom is 0.160 e. The lowest BCUT2D eigenvalue weighted by atomic mass is 9.73. The Hall–Kier alpha value is -1.09. The monoisotopic (exact) mass is 305 g/mol. The zero-order chi connectivity index (χ0) is 15.2. The molecule has 4 heteroatoms. The molecule has 2 atom stereocenters. The van der Waals surface area contributed by atoms with Gasteiger partial charge in [-0.25, -0.2) is 9.97 Å². The van der Waals surface area contributed by atoms with Crippen molar-refractivity contribution in [3.63, 3.8) is 0 Å². The summed E-state index contributed by atoms with van der Waals surface area (Å²) in [5, 5.41) is -0.0998. The summed E-state index contributed by atoms with van der Waals surface area (Å²) >= 11 is 6.42. The van der Waals surface area contributed by atoms with Gasteiger partial charge in [0.05, 0.1) is 5.38 Å². The minimum absolute atomic E-state index is 0.0998. The highest BCUT2D eigenvalue weighted by molar-refractivity contribution is 6.20. The van der Waals surface area contributed by atoms with Crippen molar-refractivity contribution in [2.45, 2.75) is 64.8 Å². The number of halogens is 1. The fraction of sp³-hybridized carbons (Fsp3) is 0.647. The lowest BCUT2D eigenvalue weighted by Gasteiger charge is -2.40. The Kier molecular flexibility index (Phi) is 3.73. The molecule has 1 aliphatic rings. The number of rotatable bonds is 2. The van der Waals surface area contributed by atoms with Gasteiger partial charge < -0.3 is 4.57 Å². The molecule has 0 radical (unpaired) electrons. The Balaban J connectivity index is 2.23. The van der Waals surface area contributed by atoms with Crippen LogP contribution in [-0.2, 0) is 0 Å². The number of aromatic nitrogens is 3. The van der Waals surface area contributed by atoms with Crippen molar-refractivity contribution in [1.82, 2.24) is 14.5 Å². The summed E-state index contributed by atoms with van der Waals surface area (Å²) < 4.78 is 2.33. The molecule has 2 aromatic rings. The summed E-state index contributed by atoms with van der Waals surface area (Å²) in [5.74, 6) is 0.963. The third kappa shape index (κ3) is 2.57. The summed E-state index contributed by atoms with van der Waals surface area (Å²) in [6.45, 7) is 8.76. The molecule has 3 nitrogen and oxygen atoms in total. The van der Waals surface area contributed by atoms with E-state index in [0.717, 1.165) is 22.7 Å². The van der Waals surface area contributed by atoms with Crippen LogP contribution in [0.3, 0.4) is 0 Å². The van der Waals surface area contributed by atoms with Crippen LogP contribution in [0.2, 0.25) is 0 Å². The average molecular weight is 306 g/mol. The number of nitrogens with zero attached hydrogens (tertiary/aromatic N) is 3. The zero-order valence-corrected chi connectivity index (χ0v) is 14.1. The van der Waals surface area contributed by atoms with Gasteiger partial charge in [0.1, 0.15) is 11.3 Å².